The van der Waals surface area contributed by atoms with Crippen molar-refractivity contribution < 1.29 is 4.42 Å². The third kappa shape index (κ3) is 4.32. The predicted molar refractivity (Wildman–Crippen MR) is 213 cm³/mol. The van der Waals surface area contributed by atoms with Crippen molar-refractivity contribution in [2.75, 3.05) is 0 Å². The molecule has 0 aliphatic heterocycles. The largest absolute Gasteiger partial charge is 0.454 e. The summed E-state index contributed by atoms with van der Waals surface area (Å²) >= 11 is 1.89. The van der Waals surface area contributed by atoms with Crippen LogP contribution in [-0.2, 0) is 6.42 Å². The van der Waals surface area contributed by atoms with Crippen molar-refractivity contribution in [3.8, 4) is 39.6 Å². The van der Waals surface area contributed by atoms with Crippen molar-refractivity contribution >= 4 is 70.4 Å². The van der Waals surface area contributed by atoms with E-state index in [-0.39, 0.29) is 0 Å². The fourth-order valence-electron chi connectivity index (χ4n) is 8.01. The van der Waals surface area contributed by atoms with Crippen molar-refractivity contribution in [2.45, 2.75) is 12.8 Å². The third-order valence-corrected chi connectivity index (χ3v) is 11.4. The highest BCUT2D eigenvalue weighted by Crippen LogP contribution is 2.50. The van der Waals surface area contributed by atoms with E-state index in [2.05, 4.69) is 132 Å². The summed E-state index contributed by atoms with van der Waals surface area (Å²) in [4.78, 5) is 10.2. The average molecular weight is 672 g/mol. The zero-order valence-electron chi connectivity index (χ0n) is 27.5. The van der Waals surface area contributed by atoms with Gasteiger partial charge in [0.2, 0.25) is 0 Å². The molecule has 0 radical (unpaired) electrons. The van der Waals surface area contributed by atoms with Crippen LogP contribution in [0.3, 0.4) is 0 Å². The summed E-state index contributed by atoms with van der Waals surface area (Å²) < 4.78 is 12.0. The van der Waals surface area contributed by atoms with Crippen molar-refractivity contribution in [1.29, 1.82) is 0 Å². The van der Waals surface area contributed by atoms with Crippen molar-refractivity contribution in [2.24, 2.45) is 0 Å². The maximum Gasteiger partial charge on any atom is 0.161 e. The Balaban J connectivity index is 1.23. The molecule has 0 N–H and O–H groups in total. The molecule has 0 amide bonds. The number of rotatable bonds is 4. The van der Waals surface area contributed by atoms with Crippen LogP contribution in [0.15, 0.2) is 150 Å². The van der Waals surface area contributed by atoms with Crippen LogP contribution >= 0.6 is 11.3 Å². The molecule has 1 aliphatic rings. The molecule has 4 heterocycles. The first-order chi connectivity index (χ1) is 25.3. The topological polar surface area (TPSA) is 43.9 Å². The number of aromatic nitrogens is 3. The zero-order valence-corrected chi connectivity index (χ0v) is 28.3. The van der Waals surface area contributed by atoms with Gasteiger partial charge in [0.05, 0.1) is 22.4 Å². The van der Waals surface area contributed by atoms with E-state index in [4.69, 9.17) is 14.4 Å². The van der Waals surface area contributed by atoms with Crippen LogP contribution in [0.2, 0.25) is 0 Å². The molecule has 0 spiro atoms. The lowest BCUT2D eigenvalue weighted by molar-refractivity contribution is 0.597. The van der Waals surface area contributed by atoms with E-state index in [1.807, 2.05) is 35.6 Å². The van der Waals surface area contributed by atoms with Crippen molar-refractivity contribution in [3.63, 3.8) is 0 Å². The summed E-state index contributed by atoms with van der Waals surface area (Å²) in [6.07, 6.45) is 6.40. The molecule has 0 atom stereocenters. The van der Waals surface area contributed by atoms with E-state index in [1.165, 1.54) is 41.9 Å². The maximum atomic E-state index is 6.92. The van der Waals surface area contributed by atoms with Gasteiger partial charge in [-0.3, -0.25) is 0 Å². The summed E-state index contributed by atoms with van der Waals surface area (Å²) in [6.45, 7) is 0. The van der Waals surface area contributed by atoms with Crippen LogP contribution < -0.4 is 0 Å². The Bertz CT molecular complexity index is 2960. The minimum Gasteiger partial charge on any atom is -0.454 e. The van der Waals surface area contributed by atoms with Gasteiger partial charge in [0, 0.05) is 64.3 Å². The van der Waals surface area contributed by atoms with E-state index >= 15 is 0 Å². The first-order valence-electron chi connectivity index (χ1n) is 17.4. The molecular formula is C46H29N3OS. The third-order valence-electron chi connectivity index (χ3n) is 10.3. The second kappa shape index (κ2) is 11.1. The standard InChI is InChI=1S/C46H29N3OS/c1-3-14-28(15-4-1)35-27-36(48-46(47-35)29-16-5-2-6-17-29)30-18-13-19-31(26-30)49-37-23-10-7-20-32(37)40-41-34-22-9-12-25-39(34)51-45(41)42-33-21-8-11-24-38(33)50-44(42)43(40)49/h1-7,9-20,22-27H,8,21H2. The molecule has 0 bridgehead atoms. The number of hydrogen-bond donors (Lipinski definition) is 0. The fourth-order valence-corrected chi connectivity index (χ4v) is 9.29. The van der Waals surface area contributed by atoms with Gasteiger partial charge in [-0.05, 0) is 49.2 Å². The number of thiophene rings is 1. The quantitative estimate of drug-likeness (QED) is 0.187. The summed E-state index contributed by atoms with van der Waals surface area (Å²) in [7, 11) is 0. The fraction of sp³-hybridized carbons (Fsp3) is 0.0435. The minimum atomic E-state index is 0.705. The number of hydrogen-bond acceptors (Lipinski definition) is 4. The molecule has 11 rings (SSSR count). The second-order valence-electron chi connectivity index (χ2n) is 13.2. The molecule has 10 aromatic rings. The lowest BCUT2D eigenvalue weighted by atomic mass is 9.97. The van der Waals surface area contributed by atoms with Gasteiger partial charge in [0.25, 0.3) is 0 Å². The van der Waals surface area contributed by atoms with E-state index in [9.17, 15) is 0 Å². The first kappa shape index (κ1) is 28.5. The molecule has 51 heavy (non-hydrogen) atoms. The lowest BCUT2D eigenvalue weighted by Gasteiger charge is -2.12. The molecule has 4 nitrogen and oxygen atoms in total. The molecule has 0 saturated carbocycles. The Labute approximate surface area is 297 Å². The minimum absolute atomic E-state index is 0.705. The predicted octanol–water partition coefficient (Wildman–Crippen LogP) is 12.6. The summed E-state index contributed by atoms with van der Waals surface area (Å²) in [6, 6.07) is 49.1. The van der Waals surface area contributed by atoms with Crippen LogP contribution in [0.4, 0.5) is 0 Å². The van der Waals surface area contributed by atoms with Crippen LogP contribution in [-0.4, -0.2) is 14.5 Å². The van der Waals surface area contributed by atoms with Gasteiger partial charge in [-0.15, -0.1) is 11.3 Å². The smallest absolute Gasteiger partial charge is 0.161 e. The van der Waals surface area contributed by atoms with Gasteiger partial charge in [-0.1, -0.05) is 115 Å². The van der Waals surface area contributed by atoms with E-state index < -0.39 is 0 Å². The second-order valence-corrected chi connectivity index (χ2v) is 14.3. The van der Waals surface area contributed by atoms with Crippen LogP contribution in [0.5, 0.6) is 0 Å². The van der Waals surface area contributed by atoms with Gasteiger partial charge in [-0.2, -0.15) is 0 Å². The Hall–Kier alpha value is -6.30. The van der Waals surface area contributed by atoms with E-state index in [0.29, 0.717) is 5.82 Å². The number of para-hydroxylation sites is 1. The van der Waals surface area contributed by atoms with Crippen LogP contribution in [0.25, 0.3) is 98.6 Å². The number of furan rings is 1. The Kier molecular flexibility index (Phi) is 6.21. The van der Waals surface area contributed by atoms with Gasteiger partial charge in [-0.25, -0.2) is 9.97 Å². The molecule has 0 saturated heterocycles. The summed E-state index contributed by atoms with van der Waals surface area (Å²) in [5, 5.41) is 6.33. The summed E-state index contributed by atoms with van der Waals surface area (Å²) in [5.41, 5.74) is 10.4. The van der Waals surface area contributed by atoms with Crippen molar-refractivity contribution in [3.05, 3.63) is 157 Å². The average Bonchev–Trinajstić information content (AvgIpc) is 3.88. The number of aryl methyl sites for hydroxylation is 1. The Morgan fingerprint density at radius 2 is 1.31 bits per heavy atom. The Morgan fingerprint density at radius 1 is 0.608 bits per heavy atom. The normalized spacial score (nSPS) is 12.9. The first-order valence-corrected chi connectivity index (χ1v) is 18.2. The molecule has 0 unspecified atom stereocenters. The molecule has 4 aromatic heterocycles. The molecule has 0 fully saturated rings. The Morgan fingerprint density at radius 3 is 2.16 bits per heavy atom. The number of nitrogens with zero attached hydrogens (tertiary/aromatic N) is 3. The number of benzene rings is 6. The molecule has 1 aliphatic carbocycles. The monoisotopic (exact) mass is 671 g/mol. The zero-order chi connectivity index (χ0) is 33.5. The highest BCUT2D eigenvalue weighted by atomic mass is 32.1. The highest BCUT2D eigenvalue weighted by Gasteiger charge is 2.27. The molecule has 240 valence electrons. The van der Waals surface area contributed by atoms with Crippen LogP contribution in [0.1, 0.15) is 17.7 Å². The maximum absolute atomic E-state index is 6.92. The van der Waals surface area contributed by atoms with E-state index in [0.717, 1.165) is 69.0 Å². The van der Waals surface area contributed by atoms with Gasteiger partial charge in [0.15, 0.2) is 11.4 Å². The van der Waals surface area contributed by atoms with Crippen LogP contribution in [0, 0.1) is 0 Å². The molecule has 5 heteroatoms. The lowest BCUT2D eigenvalue weighted by Crippen LogP contribution is -1.98. The number of allylic oxidation sites excluding steroid dienone is 1. The summed E-state index contributed by atoms with van der Waals surface area (Å²) in [5.74, 6) is 1.69. The van der Waals surface area contributed by atoms with Gasteiger partial charge in [0.1, 0.15) is 5.76 Å². The van der Waals surface area contributed by atoms with Gasteiger partial charge >= 0.3 is 0 Å². The van der Waals surface area contributed by atoms with Gasteiger partial charge < -0.3 is 8.98 Å². The SMILES string of the molecule is C1=Cc2oc3c(c2CC1)c1sc2ccccc2c1c1c2ccccc2n(-c2cccc(-c4cc(-c5ccccc5)nc(-c5ccccc5)n4)c2)c31. The van der Waals surface area contributed by atoms with Crippen molar-refractivity contribution in [1.82, 2.24) is 14.5 Å². The van der Waals surface area contributed by atoms with E-state index in [1.54, 1.807) is 0 Å². The molecule has 6 aromatic carbocycles. The molecular weight excluding hydrogens is 643 g/mol. The number of fused-ring (bicyclic) bond motifs is 12. The highest BCUT2D eigenvalue weighted by molar-refractivity contribution is 7.27.